The van der Waals surface area contributed by atoms with Crippen molar-refractivity contribution >= 4 is 0 Å². The molecule has 0 bridgehead atoms. The summed E-state index contributed by atoms with van der Waals surface area (Å²) < 4.78 is 5.29. The Bertz CT molecular complexity index is 242. The molecule has 2 rings (SSSR count). The highest BCUT2D eigenvalue weighted by Crippen LogP contribution is 2.20. The molecule has 1 unspecified atom stereocenters. The monoisotopic (exact) mass is 256 g/mol. The summed E-state index contributed by atoms with van der Waals surface area (Å²) in [4.78, 5) is 2.48. The molecule has 0 spiro atoms. The zero-order valence-corrected chi connectivity index (χ0v) is 11.7. The maximum Gasteiger partial charge on any atom is 0.0815 e. The van der Waals surface area contributed by atoms with Crippen molar-refractivity contribution in [3.63, 3.8) is 0 Å². The number of rotatable bonds is 5. The van der Waals surface area contributed by atoms with Gasteiger partial charge >= 0.3 is 0 Å². The van der Waals surface area contributed by atoms with E-state index in [9.17, 15) is 5.11 Å². The molecule has 4 nitrogen and oxygen atoms in total. The van der Waals surface area contributed by atoms with Gasteiger partial charge in [0.2, 0.25) is 0 Å². The van der Waals surface area contributed by atoms with Crippen LogP contribution in [0.4, 0.5) is 0 Å². The number of hydrogen-bond acceptors (Lipinski definition) is 4. The van der Waals surface area contributed by atoms with Gasteiger partial charge in [0.1, 0.15) is 0 Å². The fourth-order valence-electron chi connectivity index (χ4n) is 3.03. The molecular weight excluding hydrogens is 228 g/mol. The normalized spacial score (nSPS) is 29.3. The number of nitrogens with one attached hydrogen (secondary N) is 1. The second-order valence-electron chi connectivity index (χ2n) is 5.93. The summed E-state index contributed by atoms with van der Waals surface area (Å²) in [6, 6.07) is 0.732. The Hall–Kier alpha value is -0.160. The molecule has 4 heteroatoms. The number of nitrogens with zero attached hydrogens (tertiary/aromatic N) is 1. The highest BCUT2D eigenvalue weighted by Gasteiger charge is 2.29. The third-order valence-electron chi connectivity index (χ3n) is 4.45. The predicted molar refractivity (Wildman–Crippen MR) is 72.8 cm³/mol. The van der Waals surface area contributed by atoms with Crippen molar-refractivity contribution in [1.82, 2.24) is 10.2 Å². The SMILES string of the molecule is CN1CCCCC1CCNCC1(O)CCOCC1. The first kappa shape index (κ1) is 14.3. The van der Waals surface area contributed by atoms with Gasteiger partial charge in [0.25, 0.3) is 0 Å². The lowest BCUT2D eigenvalue weighted by Gasteiger charge is -2.34. The van der Waals surface area contributed by atoms with Crippen molar-refractivity contribution in [1.29, 1.82) is 0 Å². The van der Waals surface area contributed by atoms with E-state index < -0.39 is 5.60 Å². The second-order valence-corrected chi connectivity index (χ2v) is 5.93. The number of hydrogen-bond donors (Lipinski definition) is 2. The molecule has 106 valence electrons. The largest absolute Gasteiger partial charge is 0.388 e. The molecule has 0 aromatic rings. The molecule has 2 saturated heterocycles. The molecule has 0 aromatic heterocycles. The van der Waals surface area contributed by atoms with Crippen molar-refractivity contribution in [3.05, 3.63) is 0 Å². The molecule has 0 amide bonds. The molecule has 0 radical (unpaired) electrons. The molecule has 2 fully saturated rings. The van der Waals surface area contributed by atoms with Crippen LogP contribution in [0.1, 0.15) is 38.5 Å². The van der Waals surface area contributed by atoms with E-state index in [0.717, 1.165) is 25.4 Å². The van der Waals surface area contributed by atoms with Crippen LogP contribution in [0.15, 0.2) is 0 Å². The number of aliphatic hydroxyl groups is 1. The van der Waals surface area contributed by atoms with Crippen molar-refractivity contribution in [3.8, 4) is 0 Å². The standard InChI is InChI=1S/C14H28N2O2/c1-16-9-3-2-4-13(16)5-8-15-12-14(17)6-10-18-11-7-14/h13,15,17H,2-12H2,1H3. The first-order chi connectivity index (χ1) is 8.70. The van der Waals surface area contributed by atoms with Crippen LogP contribution in [0.2, 0.25) is 0 Å². The van der Waals surface area contributed by atoms with Gasteiger partial charge < -0.3 is 20.1 Å². The van der Waals surface area contributed by atoms with Gasteiger partial charge in [-0.25, -0.2) is 0 Å². The third-order valence-corrected chi connectivity index (χ3v) is 4.45. The van der Waals surface area contributed by atoms with E-state index >= 15 is 0 Å². The first-order valence-corrected chi connectivity index (χ1v) is 7.41. The Morgan fingerprint density at radius 2 is 2.11 bits per heavy atom. The first-order valence-electron chi connectivity index (χ1n) is 7.41. The topological polar surface area (TPSA) is 44.7 Å². The van der Waals surface area contributed by atoms with Crippen LogP contribution in [-0.4, -0.2) is 61.5 Å². The van der Waals surface area contributed by atoms with Crippen LogP contribution >= 0.6 is 0 Å². The van der Waals surface area contributed by atoms with Gasteiger partial charge in [-0.15, -0.1) is 0 Å². The Morgan fingerprint density at radius 3 is 2.83 bits per heavy atom. The molecule has 0 aromatic carbocycles. The summed E-state index contributed by atoms with van der Waals surface area (Å²) in [5.41, 5.74) is -0.531. The van der Waals surface area contributed by atoms with E-state index in [2.05, 4.69) is 17.3 Å². The second kappa shape index (κ2) is 6.85. The summed E-state index contributed by atoms with van der Waals surface area (Å²) in [5.74, 6) is 0. The van der Waals surface area contributed by atoms with E-state index in [1.54, 1.807) is 0 Å². The summed E-state index contributed by atoms with van der Waals surface area (Å²) in [5, 5.41) is 13.7. The highest BCUT2D eigenvalue weighted by atomic mass is 16.5. The summed E-state index contributed by atoms with van der Waals surface area (Å²) >= 11 is 0. The van der Waals surface area contributed by atoms with Crippen LogP contribution in [0.5, 0.6) is 0 Å². The molecule has 2 aliphatic rings. The van der Waals surface area contributed by atoms with Gasteiger partial charge in [0, 0.05) is 38.6 Å². The van der Waals surface area contributed by atoms with Gasteiger partial charge in [0.15, 0.2) is 0 Å². The number of piperidine rings is 1. The van der Waals surface area contributed by atoms with Crippen molar-refractivity contribution in [2.24, 2.45) is 0 Å². The third kappa shape index (κ3) is 4.19. The molecular formula is C14H28N2O2. The minimum atomic E-state index is -0.531. The van der Waals surface area contributed by atoms with Gasteiger partial charge in [-0.2, -0.15) is 0 Å². The van der Waals surface area contributed by atoms with Crippen molar-refractivity contribution in [2.75, 3.05) is 39.9 Å². The fraction of sp³-hybridized carbons (Fsp3) is 1.00. The van der Waals surface area contributed by atoms with Crippen LogP contribution < -0.4 is 5.32 Å². The fourth-order valence-corrected chi connectivity index (χ4v) is 3.03. The Morgan fingerprint density at radius 1 is 1.33 bits per heavy atom. The van der Waals surface area contributed by atoms with Crippen LogP contribution in [-0.2, 0) is 4.74 Å². The van der Waals surface area contributed by atoms with Crippen molar-refractivity contribution < 1.29 is 9.84 Å². The maximum atomic E-state index is 10.3. The smallest absolute Gasteiger partial charge is 0.0815 e. The molecule has 18 heavy (non-hydrogen) atoms. The van der Waals surface area contributed by atoms with Gasteiger partial charge in [-0.3, -0.25) is 0 Å². The van der Waals surface area contributed by atoms with Gasteiger partial charge in [0.05, 0.1) is 5.60 Å². The lowest BCUT2D eigenvalue weighted by molar-refractivity contribution is -0.0616. The minimum Gasteiger partial charge on any atom is -0.388 e. The maximum absolute atomic E-state index is 10.3. The van der Waals surface area contributed by atoms with E-state index in [1.165, 1.54) is 32.2 Å². The molecule has 1 atom stereocenters. The minimum absolute atomic E-state index is 0.531. The quantitative estimate of drug-likeness (QED) is 0.720. The van der Waals surface area contributed by atoms with Gasteiger partial charge in [-0.1, -0.05) is 6.42 Å². The average Bonchev–Trinajstić information content (AvgIpc) is 2.37. The predicted octanol–water partition coefficient (Wildman–Crippen LogP) is 0.992. The summed E-state index contributed by atoms with van der Waals surface area (Å²) in [7, 11) is 2.23. The van der Waals surface area contributed by atoms with E-state index in [1.807, 2.05) is 0 Å². The zero-order chi connectivity index (χ0) is 12.8. The molecule has 0 aliphatic carbocycles. The zero-order valence-electron chi connectivity index (χ0n) is 11.7. The summed E-state index contributed by atoms with van der Waals surface area (Å²) in [6.07, 6.45) is 6.78. The Labute approximate surface area is 111 Å². The van der Waals surface area contributed by atoms with E-state index in [-0.39, 0.29) is 0 Å². The number of likely N-dealkylation sites (tertiary alicyclic amines) is 1. The van der Waals surface area contributed by atoms with Crippen LogP contribution in [0, 0.1) is 0 Å². The molecule has 2 N–H and O–H groups in total. The lowest BCUT2D eigenvalue weighted by Crippen LogP contribution is -2.46. The summed E-state index contributed by atoms with van der Waals surface area (Å²) in [6.45, 7) is 4.37. The average molecular weight is 256 g/mol. The number of ether oxygens (including phenoxy) is 1. The highest BCUT2D eigenvalue weighted by molar-refractivity contribution is 4.84. The van der Waals surface area contributed by atoms with Crippen molar-refractivity contribution in [2.45, 2.75) is 50.2 Å². The van der Waals surface area contributed by atoms with Gasteiger partial charge in [-0.05, 0) is 39.4 Å². The lowest BCUT2D eigenvalue weighted by atomic mass is 9.94. The van der Waals surface area contributed by atoms with Crippen LogP contribution in [0.3, 0.4) is 0 Å². The van der Waals surface area contributed by atoms with E-state index in [0.29, 0.717) is 19.8 Å². The molecule has 2 aliphatic heterocycles. The Kier molecular flexibility index (Phi) is 5.42. The van der Waals surface area contributed by atoms with E-state index in [4.69, 9.17) is 4.74 Å². The Balaban J connectivity index is 1.60. The molecule has 2 heterocycles. The molecule has 0 saturated carbocycles. The van der Waals surface area contributed by atoms with Crippen LogP contribution in [0.25, 0.3) is 0 Å².